The number of rotatable bonds is 8. The van der Waals surface area contributed by atoms with E-state index in [2.05, 4.69) is 19.7 Å². The Morgan fingerprint density at radius 3 is 1.60 bits per heavy atom. The van der Waals surface area contributed by atoms with Crippen LogP contribution in [0.5, 0.6) is 0 Å². The molecule has 0 aliphatic heterocycles. The molecule has 1 unspecified atom stereocenters. The van der Waals surface area contributed by atoms with Gasteiger partial charge in [-0.15, -0.1) is 6.58 Å². The molecular formula is C10H24O3Si2. The van der Waals surface area contributed by atoms with E-state index in [1.807, 2.05) is 26.5 Å². The minimum atomic E-state index is -2.23. The van der Waals surface area contributed by atoms with Gasteiger partial charge >= 0.3 is 8.08 Å². The predicted octanol–water partition coefficient (Wildman–Crippen LogP) is 2.55. The van der Waals surface area contributed by atoms with Crippen LogP contribution in [0.1, 0.15) is 20.8 Å². The average Bonchev–Trinajstić information content (AvgIpc) is 2.18. The first-order valence-corrected chi connectivity index (χ1v) is 11.3. The second-order valence-electron chi connectivity index (χ2n) is 3.56. The lowest BCUT2D eigenvalue weighted by molar-refractivity contribution is 0.195. The van der Waals surface area contributed by atoms with E-state index in [1.54, 1.807) is 0 Å². The quantitative estimate of drug-likeness (QED) is 0.618. The highest BCUT2D eigenvalue weighted by Crippen LogP contribution is 2.24. The number of hydrogen-bond acceptors (Lipinski definition) is 3. The highest BCUT2D eigenvalue weighted by molar-refractivity contribution is 7.36. The van der Waals surface area contributed by atoms with Gasteiger partial charge in [-0.25, -0.2) is 0 Å². The van der Waals surface area contributed by atoms with Gasteiger partial charge in [0.15, 0.2) is 0 Å². The molecule has 0 saturated carbocycles. The summed E-state index contributed by atoms with van der Waals surface area (Å²) in [6, 6.07) is 0. The minimum absolute atomic E-state index is 0.673. The molecule has 0 radical (unpaired) electrons. The fourth-order valence-electron chi connectivity index (χ4n) is 1.55. The Hall–Kier alpha value is 0.0538. The molecule has 0 fully saturated rings. The Morgan fingerprint density at radius 1 is 0.933 bits per heavy atom. The third-order valence-electron chi connectivity index (χ3n) is 2.57. The molecule has 0 aliphatic rings. The maximum absolute atomic E-state index is 5.88. The van der Waals surface area contributed by atoms with Gasteiger partial charge in [0.2, 0.25) is 0 Å². The summed E-state index contributed by atoms with van der Waals surface area (Å²) in [5.41, 5.74) is 1.94. The lowest BCUT2D eigenvalue weighted by Gasteiger charge is -2.38. The molecule has 0 spiro atoms. The zero-order valence-corrected chi connectivity index (χ0v) is 12.6. The van der Waals surface area contributed by atoms with Crippen molar-refractivity contribution < 1.29 is 13.3 Å². The summed E-state index contributed by atoms with van der Waals surface area (Å²) in [6.07, 6.45) is 0. The molecule has 0 saturated heterocycles. The molecule has 1 atom stereocenters. The summed E-state index contributed by atoms with van der Waals surface area (Å²) < 4.78 is 17.6. The van der Waals surface area contributed by atoms with Crippen LogP contribution in [0.4, 0.5) is 0 Å². The highest BCUT2D eigenvalue weighted by atomic mass is 29.3. The molecule has 0 rings (SSSR count). The monoisotopic (exact) mass is 248 g/mol. The van der Waals surface area contributed by atoms with Crippen molar-refractivity contribution in [3.8, 4) is 0 Å². The Kier molecular flexibility index (Phi) is 6.62. The number of hydrogen-bond donors (Lipinski definition) is 0. The fourth-order valence-corrected chi connectivity index (χ4v) is 9.58. The summed E-state index contributed by atoms with van der Waals surface area (Å²) in [7, 11) is -4.29. The van der Waals surface area contributed by atoms with Crippen LogP contribution in [0.3, 0.4) is 0 Å². The van der Waals surface area contributed by atoms with Gasteiger partial charge in [-0.05, 0) is 33.9 Å². The molecule has 0 bridgehead atoms. The largest absolute Gasteiger partial charge is 0.410 e. The van der Waals surface area contributed by atoms with Crippen LogP contribution in [0.2, 0.25) is 13.1 Å². The summed E-state index contributed by atoms with van der Waals surface area (Å²) in [4.78, 5) is 0. The molecule has 0 amide bonds. The zero-order chi connectivity index (χ0) is 11.9. The zero-order valence-electron chi connectivity index (χ0n) is 10.6. The topological polar surface area (TPSA) is 27.7 Å². The van der Waals surface area contributed by atoms with Crippen molar-refractivity contribution in [3.05, 3.63) is 12.3 Å². The minimum Gasteiger partial charge on any atom is -0.410 e. The molecule has 0 aromatic carbocycles. The molecular weight excluding hydrogens is 224 g/mol. The predicted molar refractivity (Wildman–Crippen MR) is 68.3 cm³/mol. The van der Waals surface area contributed by atoms with Gasteiger partial charge in [-0.2, -0.15) is 0 Å². The van der Waals surface area contributed by atoms with Crippen LogP contribution in [-0.2, 0) is 13.3 Å². The maximum atomic E-state index is 5.88. The second kappa shape index (κ2) is 6.60. The van der Waals surface area contributed by atoms with E-state index in [-0.39, 0.29) is 0 Å². The molecule has 0 heterocycles. The van der Waals surface area contributed by atoms with Gasteiger partial charge in [0.1, 0.15) is 0 Å². The molecule has 0 aromatic heterocycles. The Bertz CT molecular complexity index is 193. The molecule has 90 valence electrons. The Morgan fingerprint density at radius 2 is 1.33 bits per heavy atom. The van der Waals surface area contributed by atoms with Crippen molar-refractivity contribution in [2.24, 2.45) is 0 Å². The van der Waals surface area contributed by atoms with Crippen LogP contribution >= 0.6 is 0 Å². The Balaban J connectivity index is 4.89. The lowest BCUT2D eigenvalue weighted by Crippen LogP contribution is -2.64. The smallest absolute Gasteiger partial charge is 0.351 e. The first-order valence-electron chi connectivity index (χ1n) is 5.55. The van der Waals surface area contributed by atoms with Gasteiger partial charge in [0, 0.05) is 19.8 Å². The summed E-state index contributed by atoms with van der Waals surface area (Å²) in [5, 5.41) is 0. The standard InChI is InChI=1S/C10H24O3Si2/c1-7-11-14(5,10-4)15(6,12-8-2)13-9-3/h10H,4,7-9H2,1-3,5-6H3. The highest BCUT2D eigenvalue weighted by Gasteiger charge is 2.53. The van der Waals surface area contributed by atoms with E-state index < -0.39 is 15.9 Å². The van der Waals surface area contributed by atoms with E-state index in [9.17, 15) is 0 Å². The van der Waals surface area contributed by atoms with Crippen molar-refractivity contribution in [3.63, 3.8) is 0 Å². The van der Waals surface area contributed by atoms with Crippen LogP contribution in [-0.4, -0.2) is 35.7 Å². The Labute approximate surface area is 95.6 Å². The first-order chi connectivity index (χ1) is 6.99. The van der Waals surface area contributed by atoms with E-state index >= 15 is 0 Å². The SMILES string of the molecule is C=C[Si](C)(OCC)[Si](C)(OCC)OCC. The normalized spacial score (nSPS) is 16.1. The van der Waals surface area contributed by atoms with Gasteiger partial charge < -0.3 is 13.3 Å². The molecule has 0 N–H and O–H groups in total. The van der Waals surface area contributed by atoms with Crippen LogP contribution in [0, 0.1) is 0 Å². The van der Waals surface area contributed by atoms with Crippen LogP contribution in [0.15, 0.2) is 12.3 Å². The fraction of sp³-hybridized carbons (Fsp3) is 0.800. The summed E-state index contributed by atoms with van der Waals surface area (Å²) in [5.74, 6) is 0. The van der Waals surface area contributed by atoms with Gasteiger partial charge in [-0.1, -0.05) is 5.70 Å². The first kappa shape index (κ1) is 15.1. The van der Waals surface area contributed by atoms with Crippen LogP contribution < -0.4 is 0 Å². The summed E-state index contributed by atoms with van der Waals surface area (Å²) in [6.45, 7) is 16.1. The van der Waals surface area contributed by atoms with Crippen molar-refractivity contribution in [2.45, 2.75) is 33.9 Å². The van der Waals surface area contributed by atoms with Gasteiger partial charge in [0.25, 0.3) is 7.83 Å². The van der Waals surface area contributed by atoms with Crippen LogP contribution in [0.25, 0.3) is 0 Å². The third-order valence-corrected chi connectivity index (χ3v) is 15.0. The van der Waals surface area contributed by atoms with Crippen molar-refractivity contribution in [1.82, 2.24) is 0 Å². The van der Waals surface area contributed by atoms with Gasteiger partial charge in [0.05, 0.1) is 0 Å². The van der Waals surface area contributed by atoms with Gasteiger partial charge in [-0.3, -0.25) is 0 Å². The molecule has 3 nitrogen and oxygen atoms in total. The molecule has 0 aromatic rings. The molecule has 5 heteroatoms. The van der Waals surface area contributed by atoms with E-state index in [4.69, 9.17) is 13.3 Å². The lowest BCUT2D eigenvalue weighted by atomic mass is 10.9. The average molecular weight is 248 g/mol. The summed E-state index contributed by atoms with van der Waals surface area (Å²) >= 11 is 0. The van der Waals surface area contributed by atoms with Crippen molar-refractivity contribution in [1.29, 1.82) is 0 Å². The third kappa shape index (κ3) is 3.53. The second-order valence-corrected chi connectivity index (χ2v) is 14.6. The van der Waals surface area contributed by atoms with E-state index in [0.29, 0.717) is 19.8 Å². The van der Waals surface area contributed by atoms with E-state index in [0.717, 1.165) is 0 Å². The molecule has 15 heavy (non-hydrogen) atoms. The van der Waals surface area contributed by atoms with Crippen molar-refractivity contribution in [2.75, 3.05) is 19.8 Å². The molecule has 0 aliphatic carbocycles. The van der Waals surface area contributed by atoms with E-state index in [1.165, 1.54) is 0 Å². The maximum Gasteiger partial charge on any atom is 0.351 e. The van der Waals surface area contributed by atoms with Crippen molar-refractivity contribution >= 4 is 15.9 Å².